The molecule has 0 N–H and O–H groups in total. The van der Waals surface area contributed by atoms with E-state index in [1.54, 1.807) is 4.68 Å². The average molecular weight is 255 g/mol. The summed E-state index contributed by atoms with van der Waals surface area (Å²) in [6.45, 7) is 4.56. The standard InChI is InChI=1S/C14H17N5/c1-10-5-11(2)17-14(13(10)6-15)18(3)8-12-7-16-19(4)9-12/h5,7,9H,8H2,1-4H3. The summed E-state index contributed by atoms with van der Waals surface area (Å²) in [6.07, 6.45) is 3.79. The zero-order valence-electron chi connectivity index (χ0n) is 11.7. The Morgan fingerprint density at radius 2 is 2.16 bits per heavy atom. The molecular weight excluding hydrogens is 238 g/mol. The molecule has 0 aliphatic carbocycles. The monoisotopic (exact) mass is 255 g/mol. The van der Waals surface area contributed by atoms with Crippen LogP contribution in [0.3, 0.4) is 0 Å². The largest absolute Gasteiger partial charge is 0.354 e. The van der Waals surface area contributed by atoms with Gasteiger partial charge >= 0.3 is 0 Å². The molecule has 0 bridgehead atoms. The van der Waals surface area contributed by atoms with Crippen LogP contribution < -0.4 is 4.90 Å². The maximum Gasteiger partial charge on any atom is 0.147 e. The van der Waals surface area contributed by atoms with E-state index >= 15 is 0 Å². The predicted molar refractivity (Wildman–Crippen MR) is 73.7 cm³/mol. The van der Waals surface area contributed by atoms with Crippen LogP contribution in [-0.2, 0) is 13.6 Å². The van der Waals surface area contributed by atoms with Crippen LogP contribution in [0.2, 0.25) is 0 Å². The zero-order valence-corrected chi connectivity index (χ0v) is 11.7. The number of rotatable bonds is 3. The molecule has 0 aliphatic rings. The van der Waals surface area contributed by atoms with Gasteiger partial charge in [0.15, 0.2) is 0 Å². The van der Waals surface area contributed by atoms with Gasteiger partial charge in [0, 0.05) is 38.1 Å². The van der Waals surface area contributed by atoms with Crippen molar-refractivity contribution in [1.29, 1.82) is 5.26 Å². The molecule has 0 saturated carbocycles. The summed E-state index contributed by atoms with van der Waals surface area (Å²) in [7, 11) is 3.83. The lowest BCUT2D eigenvalue weighted by molar-refractivity contribution is 0.766. The van der Waals surface area contributed by atoms with Gasteiger partial charge in [-0.15, -0.1) is 0 Å². The highest BCUT2D eigenvalue weighted by molar-refractivity contribution is 5.57. The molecule has 2 aromatic heterocycles. The summed E-state index contributed by atoms with van der Waals surface area (Å²) >= 11 is 0. The molecule has 0 spiro atoms. The van der Waals surface area contributed by atoms with Crippen molar-refractivity contribution < 1.29 is 0 Å². The molecule has 5 heteroatoms. The molecule has 0 aromatic carbocycles. The van der Waals surface area contributed by atoms with E-state index in [0.29, 0.717) is 12.1 Å². The van der Waals surface area contributed by atoms with Crippen molar-refractivity contribution in [2.45, 2.75) is 20.4 Å². The van der Waals surface area contributed by atoms with Gasteiger partial charge in [-0.25, -0.2) is 4.98 Å². The summed E-state index contributed by atoms with van der Waals surface area (Å²) in [5.74, 6) is 0.726. The Morgan fingerprint density at radius 1 is 1.42 bits per heavy atom. The Balaban J connectivity index is 2.33. The molecule has 2 rings (SSSR count). The van der Waals surface area contributed by atoms with Gasteiger partial charge in [-0.2, -0.15) is 10.4 Å². The minimum atomic E-state index is 0.636. The smallest absolute Gasteiger partial charge is 0.147 e. The number of aromatic nitrogens is 3. The minimum absolute atomic E-state index is 0.636. The number of hydrogen-bond acceptors (Lipinski definition) is 4. The molecule has 0 saturated heterocycles. The minimum Gasteiger partial charge on any atom is -0.354 e. The average Bonchev–Trinajstić information content (AvgIpc) is 2.73. The SMILES string of the molecule is Cc1cc(C)c(C#N)c(N(C)Cc2cnn(C)c2)n1. The van der Waals surface area contributed by atoms with E-state index < -0.39 is 0 Å². The van der Waals surface area contributed by atoms with Gasteiger partial charge in [-0.05, 0) is 25.5 Å². The fraction of sp³-hybridized carbons (Fsp3) is 0.357. The van der Waals surface area contributed by atoms with Crippen LogP contribution in [-0.4, -0.2) is 21.8 Å². The molecule has 2 aromatic rings. The van der Waals surface area contributed by atoms with Gasteiger partial charge < -0.3 is 4.90 Å². The highest BCUT2D eigenvalue weighted by Crippen LogP contribution is 2.22. The molecule has 0 radical (unpaired) electrons. The Labute approximate surface area is 113 Å². The Bertz CT molecular complexity index is 636. The lowest BCUT2D eigenvalue weighted by Gasteiger charge is -2.20. The predicted octanol–water partition coefficient (Wildman–Crippen LogP) is 1.94. The molecule has 0 unspecified atom stereocenters. The third-order valence-electron chi connectivity index (χ3n) is 2.98. The molecule has 19 heavy (non-hydrogen) atoms. The second-order valence-electron chi connectivity index (χ2n) is 4.77. The highest BCUT2D eigenvalue weighted by atomic mass is 15.2. The fourth-order valence-corrected chi connectivity index (χ4v) is 2.13. The van der Waals surface area contributed by atoms with E-state index in [4.69, 9.17) is 0 Å². The van der Waals surface area contributed by atoms with Crippen LogP contribution in [0, 0.1) is 25.2 Å². The molecule has 2 heterocycles. The number of hydrogen-bond donors (Lipinski definition) is 0. The Morgan fingerprint density at radius 3 is 2.74 bits per heavy atom. The van der Waals surface area contributed by atoms with Crippen LogP contribution in [0.4, 0.5) is 5.82 Å². The van der Waals surface area contributed by atoms with Crippen molar-refractivity contribution in [2.24, 2.45) is 7.05 Å². The second-order valence-corrected chi connectivity index (χ2v) is 4.77. The van der Waals surface area contributed by atoms with Crippen molar-refractivity contribution in [3.8, 4) is 6.07 Å². The third kappa shape index (κ3) is 2.74. The normalized spacial score (nSPS) is 10.3. The maximum absolute atomic E-state index is 9.28. The first-order chi connectivity index (χ1) is 9.01. The van der Waals surface area contributed by atoms with E-state index in [-0.39, 0.29) is 0 Å². The molecule has 0 amide bonds. The van der Waals surface area contributed by atoms with E-state index in [1.165, 1.54) is 0 Å². The first-order valence-corrected chi connectivity index (χ1v) is 6.08. The van der Waals surface area contributed by atoms with Crippen molar-refractivity contribution in [3.05, 3.63) is 40.8 Å². The van der Waals surface area contributed by atoms with Crippen LogP contribution >= 0.6 is 0 Å². The van der Waals surface area contributed by atoms with Crippen LogP contribution in [0.5, 0.6) is 0 Å². The number of aryl methyl sites for hydroxylation is 3. The molecule has 0 atom stereocenters. The van der Waals surface area contributed by atoms with Crippen molar-refractivity contribution in [2.75, 3.05) is 11.9 Å². The molecule has 0 fully saturated rings. The topological polar surface area (TPSA) is 57.7 Å². The molecule has 0 aliphatic heterocycles. The van der Waals surface area contributed by atoms with Gasteiger partial charge in [0.25, 0.3) is 0 Å². The van der Waals surface area contributed by atoms with Crippen LogP contribution in [0.25, 0.3) is 0 Å². The van der Waals surface area contributed by atoms with Crippen molar-refractivity contribution >= 4 is 5.82 Å². The fourth-order valence-electron chi connectivity index (χ4n) is 2.13. The summed E-state index contributed by atoms with van der Waals surface area (Å²) in [5.41, 5.74) is 3.61. The lowest BCUT2D eigenvalue weighted by Crippen LogP contribution is -2.19. The molecule has 98 valence electrons. The van der Waals surface area contributed by atoms with E-state index in [9.17, 15) is 5.26 Å². The Kier molecular flexibility index (Phi) is 3.52. The molecular formula is C14H17N5. The first-order valence-electron chi connectivity index (χ1n) is 6.08. The molecule has 5 nitrogen and oxygen atoms in total. The van der Waals surface area contributed by atoms with Gasteiger partial charge in [0.2, 0.25) is 0 Å². The maximum atomic E-state index is 9.28. The van der Waals surface area contributed by atoms with Gasteiger partial charge in [0.1, 0.15) is 11.9 Å². The van der Waals surface area contributed by atoms with E-state index in [0.717, 1.165) is 22.6 Å². The first kappa shape index (κ1) is 13.1. The quantitative estimate of drug-likeness (QED) is 0.841. The van der Waals surface area contributed by atoms with Crippen molar-refractivity contribution in [1.82, 2.24) is 14.8 Å². The summed E-state index contributed by atoms with van der Waals surface area (Å²) in [6, 6.07) is 4.17. The summed E-state index contributed by atoms with van der Waals surface area (Å²) in [4.78, 5) is 6.47. The van der Waals surface area contributed by atoms with Gasteiger partial charge in [-0.1, -0.05) is 0 Å². The lowest BCUT2D eigenvalue weighted by atomic mass is 10.1. The van der Waals surface area contributed by atoms with Gasteiger partial charge in [-0.3, -0.25) is 4.68 Å². The number of nitriles is 1. The summed E-state index contributed by atoms with van der Waals surface area (Å²) in [5, 5.41) is 13.4. The van der Waals surface area contributed by atoms with E-state index in [1.807, 2.05) is 51.3 Å². The van der Waals surface area contributed by atoms with Crippen LogP contribution in [0.1, 0.15) is 22.4 Å². The van der Waals surface area contributed by atoms with Gasteiger partial charge in [0.05, 0.1) is 11.8 Å². The Hall–Kier alpha value is -2.35. The van der Waals surface area contributed by atoms with E-state index in [2.05, 4.69) is 16.2 Å². The summed E-state index contributed by atoms with van der Waals surface area (Å²) < 4.78 is 1.77. The third-order valence-corrected chi connectivity index (χ3v) is 2.98. The number of anilines is 1. The second kappa shape index (κ2) is 5.11. The van der Waals surface area contributed by atoms with Crippen LogP contribution in [0.15, 0.2) is 18.5 Å². The van der Waals surface area contributed by atoms with Crippen molar-refractivity contribution in [3.63, 3.8) is 0 Å². The number of nitrogens with zero attached hydrogens (tertiary/aromatic N) is 5. The zero-order chi connectivity index (χ0) is 14.0. The highest BCUT2D eigenvalue weighted by Gasteiger charge is 2.13. The number of pyridine rings is 1.